The first-order valence-electron chi connectivity index (χ1n) is 7.13. The van der Waals surface area contributed by atoms with E-state index in [1.807, 2.05) is 13.8 Å². The molecule has 1 saturated heterocycles. The first-order chi connectivity index (χ1) is 9.54. The summed E-state index contributed by atoms with van der Waals surface area (Å²) in [4.78, 5) is 2.09. The lowest BCUT2D eigenvalue weighted by Gasteiger charge is -2.38. The van der Waals surface area contributed by atoms with Gasteiger partial charge in [-0.2, -0.15) is 0 Å². The second-order valence-electron chi connectivity index (χ2n) is 5.40. The zero-order chi connectivity index (χ0) is 14.7. The fourth-order valence-corrected chi connectivity index (χ4v) is 2.85. The Kier molecular flexibility index (Phi) is 5.05. The molecule has 1 fully saturated rings. The highest BCUT2D eigenvalue weighted by Gasteiger charge is 2.31. The highest BCUT2D eigenvalue weighted by molar-refractivity contribution is 5.25. The summed E-state index contributed by atoms with van der Waals surface area (Å²) in [5, 5.41) is 3.23. The van der Waals surface area contributed by atoms with E-state index in [4.69, 9.17) is 0 Å². The average Bonchev–Trinajstić information content (AvgIpc) is 2.42. The van der Waals surface area contributed by atoms with Crippen LogP contribution >= 0.6 is 0 Å². The van der Waals surface area contributed by atoms with Crippen molar-refractivity contribution < 1.29 is 13.2 Å². The molecule has 0 radical (unpaired) electrons. The minimum absolute atomic E-state index is 0.00245. The summed E-state index contributed by atoms with van der Waals surface area (Å²) >= 11 is 0. The lowest BCUT2D eigenvalue weighted by Crippen LogP contribution is -2.47. The smallest absolute Gasteiger partial charge is 0.133 e. The Labute approximate surface area is 118 Å². The molecule has 1 aromatic rings. The highest BCUT2D eigenvalue weighted by atomic mass is 19.1. The van der Waals surface area contributed by atoms with Gasteiger partial charge in [0.1, 0.15) is 17.5 Å². The predicted octanol–water partition coefficient (Wildman–Crippen LogP) is 3.10. The van der Waals surface area contributed by atoms with Gasteiger partial charge in [-0.3, -0.25) is 4.90 Å². The van der Waals surface area contributed by atoms with Crippen molar-refractivity contribution in [2.24, 2.45) is 5.92 Å². The number of nitrogens with one attached hydrogen (secondary N) is 1. The number of piperazine rings is 1. The molecule has 5 heteroatoms. The Morgan fingerprint density at radius 1 is 1.15 bits per heavy atom. The van der Waals surface area contributed by atoms with Crippen LogP contribution in [0.25, 0.3) is 0 Å². The third kappa shape index (κ3) is 3.15. The Morgan fingerprint density at radius 3 is 2.20 bits per heavy atom. The van der Waals surface area contributed by atoms with Crippen LogP contribution in [0.5, 0.6) is 0 Å². The summed E-state index contributed by atoms with van der Waals surface area (Å²) in [6.45, 7) is 7.07. The largest absolute Gasteiger partial charge is 0.314 e. The van der Waals surface area contributed by atoms with Crippen molar-refractivity contribution >= 4 is 0 Å². The van der Waals surface area contributed by atoms with E-state index in [1.54, 1.807) is 0 Å². The van der Waals surface area contributed by atoms with Gasteiger partial charge in [-0.15, -0.1) is 0 Å². The van der Waals surface area contributed by atoms with Crippen LogP contribution in [-0.4, -0.2) is 31.1 Å². The van der Waals surface area contributed by atoms with Crippen molar-refractivity contribution in [2.45, 2.75) is 26.3 Å². The molecule has 1 aliphatic heterocycles. The van der Waals surface area contributed by atoms with Crippen LogP contribution in [0.2, 0.25) is 0 Å². The number of hydrogen-bond acceptors (Lipinski definition) is 2. The van der Waals surface area contributed by atoms with E-state index in [1.165, 1.54) is 0 Å². The van der Waals surface area contributed by atoms with Crippen molar-refractivity contribution in [3.63, 3.8) is 0 Å². The molecule has 0 aromatic heterocycles. The van der Waals surface area contributed by atoms with Gasteiger partial charge in [0, 0.05) is 49.9 Å². The van der Waals surface area contributed by atoms with E-state index < -0.39 is 17.5 Å². The minimum Gasteiger partial charge on any atom is -0.314 e. The van der Waals surface area contributed by atoms with Crippen LogP contribution in [0, 0.1) is 23.4 Å². The van der Waals surface area contributed by atoms with E-state index in [-0.39, 0.29) is 17.5 Å². The number of nitrogens with zero attached hydrogens (tertiary/aromatic N) is 1. The molecule has 1 aromatic carbocycles. The molecular weight excluding hydrogens is 265 g/mol. The molecule has 0 spiro atoms. The molecular formula is C15H21F3N2. The molecule has 0 amide bonds. The molecule has 0 aliphatic carbocycles. The van der Waals surface area contributed by atoms with Crippen molar-refractivity contribution in [3.8, 4) is 0 Å². The quantitative estimate of drug-likeness (QED) is 0.915. The maximum absolute atomic E-state index is 14.1. The SMILES string of the molecule is CCC(C)[C@@H](c1c(F)cc(F)cc1F)N1CCNCC1. The van der Waals surface area contributed by atoms with Crippen LogP contribution < -0.4 is 5.32 Å². The summed E-state index contributed by atoms with van der Waals surface area (Å²) in [5.41, 5.74) is 0.00245. The topological polar surface area (TPSA) is 15.3 Å². The van der Waals surface area contributed by atoms with Crippen LogP contribution in [0.4, 0.5) is 13.2 Å². The first-order valence-corrected chi connectivity index (χ1v) is 7.13. The van der Waals surface area contributed by atoms with Gasteiger partial charge >= 0.3 is 0 Å². The number of halogens is 3. The monoisotopic (exact) mass is 286 g/mol. The van der Waals surface area contributed by atoms with Crippen LogP contribution in [0.3, 0.4) is 0 Å². The van der Waals surface area contributed by atoms with Crippen molar-refractivity contribution in [1.82, 2.24) is 10.2 Å². The van der Waals surface area contributed by atoms with Gasteiger partial charge in [-0.05, 0) is 5.92 Å². The summed E-state index contributed by atoms with van der Waals surface area (Å²) in [7, 11) is 0. The van der Waals surface area contributed by atoms with Crippen molar-refractivity contribution in [1.29, 1.82) is 0 Å². The number of rotatable bonds is 4. The predicted molar refractivity (Wildman–Crippen MR) is 73.0 cm³/mol. The number of benzene rings is 1. The average molecular weight is 286 g/mol. The Hall–Kier alpha value is -1.07. The molecule has 1 N–H and O–H groups in total. The maximum atomic E-state index is 14.1. The van der Waals surface area contributed by atoms with Gasteiger partial charge in [0.2, 0.25) is 0 Å². The summed E-state index contributed by atoms with van der Waals surface area (Å²) in [6.07, 6.45) is 0.810. The minimum atomic E-state index is -0.869. The van der Waals surface area contributed by atoms with Crippen LogP contribution in [0.15, 0.2) is 12.1 Å². The van der Waals surface area contributed by atoms with Crippen molar-refractivity contribution in [2.75, 3.05) is 26.2 Å². The standard InChI is InChI=1S/C15H21F3N2/c1-3-10(2)15(20-6-4-19-5-7-20)14-12(17)8-11(16)9-13(14)18/h8-10,15,19H,3-7H2,1-2H3/t10?,15-/m0/s1. The van der Waals surface area contributed by atoms with Gasteiger partial charge in [-0.1, -0.05) is 20.3 Å². The zero-order valence-corrected chi connectivity index (χ0v) is 11.9. The van der Waals surface area contributed by atoms with Gasteiger partial charge in [0.25, 0.3) is 0 Å². The van der Waals surface area contributed by atoms with Gasteiger partial charge < -0.3 is 5.32 Å². The summed E-state index contributed by atoms with van der Waals surface area (Å²) < 4.78 is 41.3. The molecule has 1 unspecified atom stereocenters. The van der Waals surface area contributed by atoms with Gasteiger partial charge in [-0.25, -0.2) is 13.2 Å². The third-order valence-corrected chi connectivity index (χ3v) is 4.07. The Balaban J connectivity index is 2.40. The molecule has 112 valence electrons. The van der Waals surface area contributed by atoms with Gasteiger partial charge in [0.15, 0.2) is 0 Å². The lowest BCUT2D eigenvalue weighted by molar-refractivity contribution is 0.122. The molecule has 0 saturated carbocycles. The molecule has 1 aliphatic rings. The molecule has 1 heterocycles. The highest BCUT2D eigenvalue weighted by Crippen LogP contribution is 2.34. The van der Waals surface area contributed by atoms with Crippen LogP contribution in [0.1, 0.15) is 31.9 Å². The van der Waals surface area contributed by atoms with E-state index in [0.29, 0.717) is 0 Å². The molecule has 20 heavy (non-hydrogen) atoms. The first kappa shape index (κ1) is 15.3. The second kappa shape index (κ2) is 6.59. The van der Waals surface area contributed by atoms with Crippen molar-refractivity contribution in [3.05, 3.63) is 35.1 Å². The second-order valence-corrected chi connectivity index (χ2v) is 5.40. The fourth-order valence-electron chi connectivity index (χ4n) is 2.85. The van der Waals surface area contributed by atoms with Gasteiger partial charge in [0.05, 0.1) is 0 Å². The Bertz CT molecular complexity index is 435. The van der Waals surface area contributed by atoms with E-state index in [9.17, 15) is 13.2 Å². The van der Waals surface area contributed by atoms with E-state index in [0.717, 1.165) is 44.7 Å². The lowest BCUT2D eigenvalue weighted by atomic mass is 9.89. The third-order valence-electron chi connectivity index (χ3n) is 4.07. The Morgan fingerprint density at radius 2 is 1.70 bits per heavy atom. The molecule has 0 bridgehead atoms. The van der Waals surface area contributed by atoms with Crippen LogP contribution in [-0.2, 0) is 0 Å². The molecule has 2 atom stereocenters. The fraction of sp³-hybridized carbons (Fsp3) is 0.600. The number of hydrogen-bond donors (Lipinski definition) is 1. The van der Waals surface area contributed by atoms with E-state index >= 15 is 0 Å². The normalized spacial score (nSPS) is 19.9. The summed E-state index contributed by atoms with van der Waals surface area (Å²) in [5.74, 6) is -2.34. The van der Waals surface area contributed by atoms with E-state index in [2.05, 4.69) is 10.2 Å². The maximum Gasteiger partial charge on any atom is 0.133 e. The molecule has 2 rings (SSSR count). The molecule has 2 nitrogen and oxygen atoms in total. The zero-order valence-electron chi connectivity index (χ0n) is 11.9. The summed E-state index contributed by atoms with van der Waals surface area (Å²) in [6, 6.07) is 1.20.